The smallest absolute Gasteiger partial charge is 0.227 e. The Balaban J connectivity index is 1.58. The molecule has 1 fully saturated rings. The topological polar surface area (TPSA) is 49.4 Å². The van der Waals surface area contributed by atoms with Gasteiger partial charge in [-0.3, -0.25) is 9.59 Å². The standard InChI is InChI=1S/C24H30N2O2/c1-19(24(28)25-15-10-18-26-16-8-3-9-17-26)21-13-6-7-14-22(21)23(27)20-11-4-2-5-12-20/h2,4-7,11-14,19H,3,8-10,15-18H2,1H3,(H,25,28)/t19-/m0/s1. The zero-order valence-corrected chi connectivity index (χ0v) is 16.7. The molecule has 4 nitrogen and oxygen atoms in total. The molecule has 2 aromatic carbocycles. The Morgan fingerprint density at radius 3 is 2.39 bits per heavy atom. The van der Waals surface area contributed by atoms with E-state index < -0.39 is 0 Å². The van der Waals surface area contributed by atoms with Crippen molar-refractivity contribution < 1.29 is 9.59 Å². The van der Waals surface area contributed by atoms with Crippen molar-refractivity contribution in [1.29, 1.82) is 0 Å². The van der Waals surface area contributed by atoms with Gasteiger partial charge in [-0.05, 0) is 51.4 Å². The highest BCUT2D eigenvalue weighted by Gasteiger charge is 2.21. The van der Waals surface area contributed by atoms with Gasteiger partial charge in [0.25, 0.3) is 0 Å². The fourth-order valence-corrected chi connectivity index (χ4v) is 3.82. The Bertz CT molecular complexity index is 782. The van der Waals surface area contributed by atoms with Crippen LogP contribution in [-0.2, 0) is 4.79 Å². The van der Waals surface area contributed by atoms with E-state index in [2.05, 4.69) is 10.2 Å². The second-order valence-electron chi connectivity index (χ2n) is 7.55. The van der Waals surface area contributed by atoms with Crippen LogP contribution in [0.5, 0.6) is 0 Å². The van der Waals surface area contributed by atoms with E-state index in [0.29, 0.717) is 17.7 Å². The number of ketones is 1. The molecule has 3 rings (SSSR count). The first kappa shape index (κ1) is 20.3. The van der Waals surface area contributed by atoms with E-state index in [4.69, 9.17) is 0 Å². The van der Waals surface area contributed by atoms with Crippen molar-refractivity contribution in [3.63, 3.8) is 0 Å². The lowest BCUT2D eigenvalue weighted by molar-refractivity contribution is -0.122. The SMILES string of the molecule is C[C@H](C(=O)NCCCN1CCCCC1)c1ccccc1C(=O)c1ccccc1. The maximum atomic E-state index is 12.9. The monoisotopic (exact) mass is 378 g/mol. The minimum Gasteiger partial charge on any atom is -0.356 e. The number of carbonyl (C=O) groups is 2. The van der Waals surface area contributed by atoms with Crippen LogP contribution >= 0.6 is 0 Å². The molecular formula is C24H30N2O2. The number of nitrogens with zero attached hydrogens (tertiary/aromatic N) is 1. The Morgan fingerprint density at radius 1 is 0.964 bits per heavy atom. The summed E-state index contributed by atoms with van der Waals surface area (Å²) >= 11 is 0. The van der Waals surface area contributed by atoms with Crippen molar-refractivity contribution in [2.75, 3.05) is 26.2 Å². The fourth-order valence-electron chi connectivity index (χ4n) is 3.82. The van der Waals surface area contributed by atoms with Gasteiger partial charge >= 0.3 is 0 Å². The van der Waals surface area contributed by atoms with Crippen LogP contribution in [0.2, 0.25) is 0 Å². The Hall–Kier alpha value is -2.46. The highest BCUT2D eigenvalue weighted by molar-refractivity contribution is 6.10. The molecule has 148 valence electrons. The van der Waals surface area contributed by atoms with Crippen LogP contribution in [0.25, 0.3) is 0 Å². The lowest BCUT2D eigenvalue weighted by Crippen LogP contribution is -2.34. The van der Waals surface area contributed by atoms with Crippen LogP contribution in [0.15, 0.2) is 54.6 Å². The van der Waals surface area contributed by atoms with E-state index >= 15 is 0 Å². The number of carbonyl (C=O) groups excluding carboxylic acids is 2. The predicted octanol–water partition coefficient (Wildman–Crippen LogP) is 4.01. The van der Waals surface area contributed by atoms with Gasteiger partial charge in [0, 0.05) is 17.7 Å². The van der Waals surface area contributed by atoms with Gasteiger partial charge in [-0.15, -0.1) is 0 Å². The van der Waals surface area contributed by atoms with E-state index in [9.17, 15) is 9.59 Å². The molecule has 1 heterocycles. The molecule has 1 aliphatic rings. The minimum absolute atomic E-state index is 0.0213. The van der Waals surface area contributed by atoms with Crippen LogP contribution in [-0.4, -0.2) is 42.8 Å². The zero-order chi connectivity index (χ0) is 19.8. The van der Waals surface area contributed by atoms with Gasteiger partial charge in [0.15, 0.2) is 5.78 Å². The van der Waals surface area contributed by atoms with E-state index in [1.165, 1.54) is 32.4 Å². The number of hydrogen-bond donors (Lipinski definition) is 1. The molecule has 0 radical (unpaired) electrons. The Kier molecular flexibility index (Phi) is 7.38. The Morgan fingerprint density at radius 2 is 1.64 bits per heavy atom. The summed E-state index contributed by atoms with van der Waals surface area (Å²) in [5, 5.41) is 3.05. The van der Waals surface area contributed by atoms with Crippen LogP contribution in [0, 0.1) is 0 Å². The zero-order valence-electron chi connectivity index (χ0n) is 16.7. The van der Waals surface area contributed by atoms with Crippen LogP contribution < -0.4 is 5.32 Å². The Labute approximate surface area is 167 Å². The summed E-state index contributed by atoms with van der Waals surface area (Å²) in [4.78, 5) is 28.0. The molecule has 4 heteroatoms. The van der Waals surface area contributed by atoms with Crippen molar-refractivity contribution in [1.82, 2.24) is 10.2 Å². The first-order chi connectivity index (χ1) is 13.7. The molecule has 0 aliphatic carbocycles. The third-order valence-electron chi connectivity index (χ3n) is 5.50. The molecule has 2 aromatic rings. The summed E-state index contributed by atoms with van der Waals surface area (Å²) < 4.78 is 0. The highest BCUT2D eigenvalue weighted by Crippen LogP contribution is 2.23. The quantitative estimate of drug-likeness (QED) is 0.558. The van der Waals surface area contributed by atoms with E-state index in [-0.39, 0.29) is 17.6 Å². The molecule has 0 bridgehead atoms. The molecule has 0 spiro atoms. The molecule has 1 atom stereocenters. The summed E-state index contributed by atoms with van der Waals surface area (Å²) in [5.74, 6) is -0.424. The maximum Gasteiger partial charge on any atom is 0.227 e. The van der Waals surface area contributed by atoms with Crippen LogP contribution in [0.1, 0.15) is 60.0 Å². The lowest BCUT2D eigenvalue weighted by atomic mass is 9.90. The largest absolute Gasteiger partial charge is 0.356 e. The molecule has 1 aliphatic heterocycles. The normalized spacial score (nSPS) is 15.8. The molecule has 0 aromatic heterocycles. The van der Waals surface area contributed by atoms with Crippen LogP contribution in [0.3, 0.4) is 0 Å². The van der Waals surface area contributed by atoms with Gasteiger partial charge in [0.05, 0.1) is 5.92 Å². The van der Waals surface area contributed by atoms with Gasteiger partial charge in [-0.2, -0.15) is 0 Å². The highest BCUT2D eigenvalue weighted by atomic mass is 16.2. The summed E-state index contributed by atoms with van der Waals surface area (Å²) in [5.41, 5.74) is 2.03. The van der Waals surface area contributed by atoms with Crippen molar-refractivity contribution in [2.45, 2.75) is 38.5 Å². The molecule has 28 heavy (non-hydrogen) atoms. The van der Waals surface area contributed by atoms with Gasteiger partial charge < -0.3 is 10.2 Å². The second kappa shape index (κ2) is 10.2. The van der Waals surface area contributed by atoms with Crippen LogP contribution in [0.4, 0.5) is 0 Å². The number of rotatable bonds is 8. The first-order valence-corrected chi connectivity index (χ1v) is 10.4. The van der Waals surface area contributed by atoms with E-state index in [1.54, 1.807) is 0 Å². The van der Waals surface area contributed by atoms with Crippen molar-refractivity contribution in [3.8, 4) is 0 Å². The summed E-state index contributed by atoms with van der Waals surface area (Å²) in [7, 11) is 0. The van der Waals surface area contributed by atoms with Gasteiger partial charge in [0.1, 0.15) is 0 Å². The molecule has 1 N–H and O–H groups in total. The van der Waals surface area contributed by atoms with E-state index in [0.717, 1.165) is 18.5 Å². The van der Waals surface area contributed by atoms with Crippen molar-refractivity contribution in [2.24, 2.45) is 0 Å². The molecule has 0 saturated carbocycles. The third kappa shape index (κ3) is 5.29. The maximum absolute atomic E-state index is 12.9. The van der Waals surface area contributed by atoms with Gasteiger partial charge in [-0.25, -0.2) is 0 Å². The number of likely N-dealkylation sites (tertiary alicyclic amines) is 1. The third-order valence-corrected chi connectivity index (χ3v) is 5.50. The molecule has 1 amide bonds. The number of amides is 1. The average molecular weight is 379 g/mol. The summed E-state index contributed by atoms with van der Waals surface area (Å²) in [6, 6.07) is 16.7. The molecular weight excluding hydrogens is 348 g/mol. The lowest BCUT2D eigenvalue weighted by Gasteiger charge is -2.26. The van der Waals surface area contributed by atoms with Gasteiger partial charge in [0.2, 0.25) is 5.91 Å². The second-order valence-corrected chi connectivity index (χ2v) is 7.55. The average Bonchev–Trinajstić information content (AvgIpc) is 2.77. The van der Waals surface area contributed by atoms with E-state index in [1.807, 2.05) is 61.5 Å². The first-order valence-electron chi connectivity index (χ1n) is 10.4. The number of piperidine rings is 1. The fraction of sp³-hybridized carbons (Fsp3) is 0.417. The van der Waals surface area contributed by atoms with Gasteiger partial charge in [-0.1, -0.05) is 61.0 Å². The molecule has 1 saturated heterocycles. The number of benzene rings is 2. The van der Waals surface area contributed by atoms with Crippen molar-refractivity contribution >= 4 is 11.7 Å². The summed E-state index contributed by atoms with van der Waals surface area (Å²) in [6.07, 6.45) is 4.88. The number of nitrogens with one attached hydrogen (secondary N) is 1. The predicted molar refractivity (Wildman–Crippen MR) is 113 cm³/mol. The van der Waals surface area contributed by atoms with Crippen molar-refractivity contribution in [3.05, 3.63) is 71.3 Å². The number of hydrogen-bond acceptors (Lipinski definition) is 3. The summed E-state index contributed by atoms with van der Waals surface area (Å²) in [6.45, 7) is 5.95. The minimum atomic E-state index is -0.362. The molecule has 0 unspecified atom stereocenters.